The van der Waals surface area contributed by atoms with Crippen molar-refractivity contribution in [3.63, 3.8) is 0 Å². The van der Waals surface area contributed by atoms with Crippen molar-refractivity contribution >= 4 is 14.1 Å². The van der Waals surface area contributed by atoms with E-state index >= 15 is 0 Å². The van der Waals surface area contributed by atoms with E-state index in [4.69, 9.17) is 13.9 Å². The van der Waals surface area contributed by atoms with Gasteiger partial charge in [0.15, 0.2) is 8.32 Å². The topological polar surface area (TPSA) is 44.8 Å². The van der Waals surface area contributed by atoms with E-state index in [1.807, 2.05) is 39.0 Å². The molecule has 5 atom stereocenters. The van der Waals surface area contributed by atoms with Crippen LogP contribution in [0.1, 0.15) is 81.2 Å². The molecule has 0 heterocycles. The molecule has 37 heavy (non-hydrogen) atoms. The van der Waals surface area contributed by atoms with E-state index in [-0.39, 0.29) is 40.4 Å². The Hall–Kier alpha value is -1.27. The Labute approximate surface area is 229 Å². The molecule has 0 amide bonds. The smallest absolute Gasteiger partial charge is 0.192 e. The largest absolute Gasteiger partial charge is 0.411 e. The maximum Gasteiger partial charge on any atom is 0.192 e. The van der Waals surface area contributed by atoms with Crippen LogP contribution in [-0.2, 0) is 25.3 Å². The van der Waals surface area contributed by atoms with Crippen molar-refractivity contribution in [1.82, 2.24) is 0 Å². The molecule has 0 spiro atoms. The normalized spacial score (nSPS) is 17.7. The molecule has 0 saturated heterocycles. The Morgan fingerprint density at radius 3 is 2.05 bits per heavy atom. The van der Waals surface area contributed by atoms with Crippen LogP contribution in [0.25, 0.3) is 0 Å². The molecule has 0 aromatic heterocycles. The van der Waals surface area contributed by atoms with Crippen LogP contribution in [0.3, 0.4) is 0 Å². The molecule has 5 heteroatoms. The summed E-state index contributed by atoms with van der Waals surface area (Å²) in [7, 11) is -0.249. The zero-order valence-electron chi connectivity index (χ0n) is 26.1. The third-order valence-electron chi connectivity index (χ3n) is 7.87. The van der Waals surface area contributed by atoms with Crippen molar-refractivity contribution in [3.05, 3.63) is 47.5 Å². The standard InChI is InChI=1S/C32H56O4Si/c1-23(20-25(3)30(33)31(5,6)7)19-24(2)29(34-11)26(4)28(36-37(12,13)32(8,9)10)22-35-21-27-17-15-14-16-18-27/h14-19,23,25-26,28-29H,20-22H2,1-13H3/b24-19+/t23-,25-,26-,28+,29+/m0/s1. The van der Waals surface area contributed by atoms with Crippen LogP contribution in [0.15, 0.2) is 42.0 Å². The number of hydrogen-bond acceptors (Lipinski definition) is 4. The SMILES string of the molecule is CO[C@H](/C(C)=C/[C@H](C)C[C@H](C)C(=O)C(C)(C)C)[C@@H](C)[C@@H](COCc1ccccc1)O[Si](C)(C)C(C)(C)C. The summed E-state index contributed by atoms with van der Waals surface area (Å²) in [5, 5.41) is 0.0993. The molecule has 1 aromatic rings. The Bertz CT molecular complexity index is 848. The third kappa shape index (κ3) is 10.8. The van der Waals surface area contributed by atoms with Gasteiger partial charge in [0.05, 0.1) is 25.4 Å². The summed E-state index contributed by atoms with van der Waals surface area (Å²) in [6.07, 6.45) is 2.94. The fourth-order valence-electron chi connectivity index (χ4n) is 4.74. The molecule has 1 rings (SSSR count). The van der Waals surface area contributed by atoms with Crippen molar-refractivity contribution in [2.75, 3.05) is 13.7 Å². The molecular weight excluding hydrogens is 476 g/mol. The first-order valence-electron chi connectivity index (χ1n) is 14.0. The average Bonchev–Trinajstić information content (AvgIpc) is 2.77. The van der Waals surface area contributed by atoms with Gasteiger partial charge in [0.25, 0.3) is 0 Å². The lowest BCUT2D eigenvalue weighted by Gasteiger charge is -2.42. The minimum atomic E-state index is -2.03. The molecular formula is C32H56O4Si. The number of allylic oxidation sites excluding steroid dienone is 1. The van der Waals surface area contributed by atoms with Gasteiger partial charge in [-0.1, -0.05) is 98.7 Å². The second kappa shape index (κ2) is 14.2. The van der Waals surface area contributed by atoms with Crippen LogP contribution < -0.4 is 0 Å². The maximum absolute atomic E-state index is 12.7. The average molecular weight is 533 g/mol. The number of ketones is 1. The molecule has 0 saturated carbocycles. The molecule has 1 aromatic carbocycles. The number of methoxy groups -OCH3 is 1. The quantitative estimate of drug-likeness (QED) is 0.178. The summed E-state index contributed by atoms with van der Waals surface area (Å²) < 4.78 is 19.2. The van der Waals surface area contributed by atoms with Crippen molar-refractivity contribution in [1.29, 1.82) is 0 Å². The van der Waals surface area contributed by atoms with Gasteiger partial charge in [-0.25, -0.2) is 0 Å². The molecule has 0 aliphatic heterocycles. The zero-order chi connectivity index (χ0) is 28.6. The van der Waals surface area contributed by atoms with Gasteiger partial charge in [-0.15, -0.1) is 0 Å². The van der Waals surface area contributed by atoms with E-state index in [0.717, 1.165) is 12.0 Å². The predicted molar refractivity (Wildman–Crippen MR) is 159 cm³/mol. The highest BCUT2D eigenvalue weighted by molar-refractivity contribution is 6.74. The van der Waals surface area contributed by atoms with E-state index in [1.165, 1.54) is 5.57 Å². The van der Waals surface area contributed by atoms with Gasteiger partial charge in [0, 0.05) is 24.4 Å². The fourth-order valence-corrected chi connectivity index (χ4v) is 6.13. The van der Waals surface area contributed by atoms with Crippen LogP contribution in [0, 0.1) is 23.2 Å². The van der Waals surface area contributed by atoms with E-state index in [1.54, 1.807) is 7.11 Å². The Morgan fingerprint density at radius 1 is 1.00 bits per heavy atom. The van der Waals surface area contributed by atoms with Crippen molar-refractivity contribution in [3.8, 4) is 0 Å². The Balaban J connectivity index is 3.06. The maximum atomic E-state index is 12.7. The third-order valence-corrected chi connectivity index (χ3v) is 12.4. The Kier molecular flexibility index (Phi) is 13.0. The number of ether oxygens (including phenoxy) is 2. The van der Waals surface area contributed by atoms with Crippen molar-refractivity contribution in [2.24, 2.45) is 23.2 Å². The van der Waals surface area contributed by atoms with Crippen LogP contribution in [0.2, 0.25) is 18.1 Å². The summed E-state index contributed by atoms with van der Waals surface area (Å²) in [6.45, 7) is 27.1. The summed E-state index contributed by atoms with van der Waals surface area (Å²) >= 11 is 0. The summed E-state index contributed by atoms with van der Waals surface area (Å²) in [4.78, 5) is 12.7. The van der Waals surface area contributed by atoms with Crippen LogP contribution in [-0.4, -0.2) is 40.0 Å². The highest BCUT2D eigenvalue weighted by Gasteiger charge is 2.41. The van der Waals surface area contributed by atoms with Gasteiger partial charge < -0.3 is 13.9 Å². The molecule has 0 unspecified atom stereocenters. The Morgan fingerprint density at radius 2 is 1.57 bits per heavy atom. The molecule has 0 aliphatic carbocycles. The van der Waals surface area contributed by atoms with Gasteiger partial charge in [-0.05, 0) is 48.5 Å². The number of carbonyl (C=O) groups is 1. The first-order chi connectivity index (χ1) is 16.9. The van der Waals surface area contributed by atoms with E-state index in [9.17, 15) is 4.79 Å². The fraction of sp³-hybridized carbons (Fsp3) is 0.719. The summed E-state index contributed by atoms with van der Waals surface area (Å²) in [5.74, 6) is 0.728. The lowest BCUT2D eigenvalue weighted by atomic mass is 9.80. The lowest BCUT2D eigenvalue weighted by Crippen LogP contribution is -2.49. The highest BCUT2D eigenvalue weighted by atomic mass is 28.4. The monoisotopic (exact) mass is 532 g/mol. The van der Waals surface area contributed by atoms with Gasteiger partial charge in [0.2, 0.25) is 0 Å². The summed E-state index contributed by atoms with van der Waals surface area (Å²) in [5.41, 5.74) is 2.04. The van der Waals surface area contributed by atoms with Gasteiger partial charge in [0.1, 0.15) is 5.78 Å². The van der Waals surface area contributed by atoms with E-state index in [0.29, 0.717) is 19.0 Å². The molecule has 0 aliphatic rings. The molecule has 0 bridgehead atoms. The van der Waals surface area contributed by atoms with E-state index < -0.39 is 8.32 Å². The number of Topliss-reactive ketones (excluding diaryl/α,β-unsaturated/α-hetero) is 1. The molecule has 4 nitrogen and oxygen atoms in total. The van der Waals surface area contributed by atoms with Crippen LogP contribution in [0.4, 0.5) is 0 Å². The molecule has 0 N–H and O–H groups in total. The van der Waals surface area contributed by atoms with Gasteiger partial charge >= 0.3 is 0 Å². The van der Waals surface area contributed by atoms with Crippen LogP contribution >= 0.6 is 0 Å². The highest BCUT2D eigenvalue weighted by Crippen LogP contribution is 2.39. The second-order valence-corrected chi connectivity index (χ2v) is 18.3. The second-order valence-electron chi connectivity index (χ2n) is 13.6. The molecule has 0 radical (unpaired) electrons. The van der Waals surface area contributed by atoms with Crippen molar-refractivity contribution < 1.29 is 18.7 Å². The zero-order valence-corrected chi connectivity index (χ0v) is 27.1. The number of hydrogen-bond donors (Lipinski definition) is 0. The predicted octanol–water partition coefficient (Wildman–Crippen LogP) is 8.47. The number of benzene rings is 1. The molecule has 0 fully saturated rings. The van der Waals surface area contributed by atoms with E-state index in [2.05, 4.69) is 79.8 Å². The minimum Gasteiger partial charge on any atom is -0.411 e. The van der Waals surface area contributed by atoms with Crippen LogP contribution in [0.5, 0.6) is 0 Å². The van der Waals surface area contributed by atoms with Gasteiger partial charge in [-0.2, -0.15) is 0 Å². The number of rotatable bonds is 14. The minimum absolute atomic E-state index is 0.0264. The lowest BCUT2D eigenvalue weighted by molar-refractivity contribution is -0.130. The van der Waals surface area contributed by atoms with Crippen molar-refractivity contribution in [2.45, 2.75) is 113 Å². The van der Waals surface area contributed by atoms with Gasteiger partial charge in [-0.3, -0.25) is 4.79 Å². The first-order valence-corrected chi connectivity index (χ1v) is 16.9. The number of carbonyl (C=O) groups excluding carboxylic acids is 1. The first kappa shape index (κ1) is 33.8. The molecule has 212 valence electrons. The summed E-state index contributed by atoms with van der Waals surface area (Å²) in [6, 6.07) is 10.3.